The summed E-state index contributed by atoms with van der Waals surface area (Å²) in [5.74, 6) is -0.693. The fourth-order valence-corrected chi connectivity index (χ4v) is 6.83. The highest BCUT2D eigenvalue weighted by molar-refractivity contribution is 7.23. The largest absolute Gasteiger partial charge is 0.464 e. The van der Waals surface area contributed by atoms with Crippen LogP contribution in [0.2, 0.25) is 5.02 Å². The van der Waals surface area contributed by atoms with E-state index in [1.165, 1.54) is 11.3 Å². The van der Waals surface area contributed by atoms with E-state index < -0.39 is 17.7 Å². The first-order valence-electron chi connectivity index (χ1n) is 15.0. The molecule has 5 rings (SSSR count). The number of aliphatic imine (C=N–C) groups is 1. The molecule has 1 atom stereocenters. The first-order chi connectivity index (χ1) is 21.8. The van der Waals surface area contributed by atoms with Crippen molar-refractivity contribution in [2.24, 2.45) is 10.1 Å². The van der Waals surface area contributed by atoms with E-state index in [2.05, 4.69) is 16.8 Å². The van der Waals surface area contributed by atoms with Gasteiger partial charge in [-0.3, -0.25) is 19.7 Å². The molecule has 1 amide bonds. The first-order valence-corrected chi connectivity index (χ1v) is 16.2. The molecule has 2 heterocycles. The summed E-state index contributed by atoms with van der Waals surface area (Å²) in [5, 5.41) is 6.80. The van der Waals surface area contributed by atoms with Gasteiger partial charge in [0.25, 0.3) is 5.91 Å². The minimum absolute atomic E-state index is 0.218. The molecule has 0 unspecified atom stereocenters. The molecule has 4 aromatic rings. The monoisotopic (exact) mass is 659 g/mol. The van der Waals surface area contributed by atoms with Crippen molar-refractivity contribution in [2.75, 3.05) is 36.7 Å². The number of anilines is 2. The van der Waals surface area contributed by atoms with Gasteiger partial charge in [0.2, 0.25) is 0 Å². The number of aryl methyl sites for hydroxylation is 2. The topological polar surface area (TPSA) is 96.7 Å². The van der Waals surface area contributed by atoms with E-state index in [1.54, 1.807) is 16.8 Å². The lowest BCUT2D eigenvalue weighted by molar-refractivity contribution is -0.166. The summed E-state index contributed by atoms with van der Waals surface area (Å²) in [6.07, 6.45) is -0.988. The molecule has 9 nitrogen and oxygen atoms in total. The van der Waals surface area contributed by atoms with E-state index in [1.807, 2.05) is 90.2 Å². The summed E-state index contributed by atoms with van der Waals surface area (Å²) in [5.41, 5.74) is 6.17. The molecular formula is C35H38ClN5O4S. The molecule has 1 aromatic heterocycles. The summed E-state index contributed by atoms with van der Waals surface area (Å²) in [7, 11) is 1.82. The second-order valence-electron chi connectivity index (χ2n) is 12.0. The third-order valence-corrected chi connectivity index (χ3v) is 8.95. The van der Waals surface area contributed by atoms with E-state index in [0.717, 1.165) is 38.2 Å². The van der Waals surface area contributed by atoms with Crippen molar-refractivity contribution in [1.82, 2.24) is 4.98 Å². The number of hydrazone groups is 1. The number of halogens is 1. The summed E-state index contributed by atoms with van der Waals surface area (Å²) >= 11 is 7.68. The van der Waals surface area contributed by atoms with E-state index in [0.29, 0.717) is 40.0 Å². The molecule has 0 radical (unpaired) electrons. The van der Waals surface area contributed by atoms with Gasteiger partial charge in [-0.15, -0.1) is 0 Å². The molecular weight excluding hydrogens is 622 g/mol. The third kappa shape index (κ3) is 6.70. The Bertz CT molecular complexity index is 1840. The highest BCUT2D eigenvalue weighted by atomic mass is 35.5. The van der Waals surface area contributed by atoms with E-state index in [4.69, 9.17) is 26.1 Å². The lowest BCUT2D eigenvalue weighted by Gasteiger charge is -2.29. The number of carbonyl (C=O) groups is 2. The number of nitrogens with zero attached hydrogens (tertiary/aromatic N) is 5. The van der Waals surface area contributed by atoms with Crippen LogP contribution in [0.5, 0.6) is 0 Å². The van der Waals surface area contributed by atoms with Gasteiger partial charge < -0.3 is 9.47 Å². The fraction of sp³-hybridized carbons (Fsp3) is 0.343. The van der Waals surface area contributed by atoms with E-state index in [-0.39, 0.29) is 12.5 Å². The van der Waals surface area contributed by atoms with Crippen LogP contribution in [0.25, 0.3) is 21.3 Å². The van der Waals surface area contributed by atoms with Gasteiger partial charge >= 0.3 is 5.97 Å². The normalized spacial score (nSPS) is 14.3. The summed E-state index contributed by atoms with van der Waals surface area (Å²) in [6, 6.07) is 15.1. The average molecular weight is 660 g/mol. The molecule has 0 spiro atoms. The van der Waals surface area contributed by atoms with Gasteiger partial charge in [0, 0.05) is 42.0 Å². The number of benzene rings is 3. The Kier molecular flexibility index (Phi) is 9.62. The van der Waals surface area contributed by atoms with Crippen molar-refractivity contribution in [3.8, 4) is 11.1 Å². The van der Waals surface area contributed by atoms with Crippen LogP contribution in [0.4, 0.5) is 10.8 Å². The van der Waals surface area contributed by atoms with Gasteiger partial charge in [-0.05, 0) is 88.6 Å². The van der Waals surface area contributed by atoms with Crippen molar-refractivity contribution in [3.05, 3.63) is 75.8 Å². The van der Waals surface area contributed by atoms with Crippen molar-refractivity contribution in [3.63, 3.8) is 0 Å². The quantitative estimate of drug-likeness (QED) is 0.105. The summed E-state index contributed by atoms with van der Waals surface area (Å²) in [6.45, 7) is 16.0. The zero-order chi connectivity index (χ0) is 33.3. The molecule has 240 valence electrons. The maximum absolute atomic E-state index is 14.0. The lowest BCUT2D eigenvalue weighted by Crippen LogP contribution is -2.42. The van der Waals surface area contributed by atoms with Gasteiger partial charge in [0.15, 0.2) is 11.2 Å². The molecule has 46 heavy (non-hydrogen) atoms. The number of hydrogen-bond acceptors (Lipinski definition) is 9. The molecule has 3 aromatic carbocycles. The van der Waals surface area contributed by atoms with Crippen molar-refractivity contribution in [2.45, 2.75) is 53.2 Å². The van der Waals surface area contributed by atoms with Gasteiger partial charge in [0.1, 0.15) is 5.71 Å². The van der Waals surface area contributed by atoms with Crippen LogP contribution in [0.3, 0.4) is 0 Å². The number of fused-ring (bicyclic) bond motifs is 1. The molecule has 11 heteroatoms. The Morgan fingerprint density at radius 1 is 1.13 bits per heavy atom. The maximum Gasteiger partial charge on any atom is 0.339 e. The molecule has 0 N–H and O–H groups in total. The number of ether oxygens (including phenoxy) is 2. The average Bonchev–Trinajstić information content (AvgIpc) is 3.42. The first kappa shape index (κ1) is 33.2. The van der Waals surface area contributed by atoms with Crippen molar-refractivity contribution >= 4 is 68.3 Å². The lowest BCUT2D eigenvalue weighted by atomic mass is 9.91. The third-order valence-electron chi connectivity index (χ3n) is 7.59. The Hall–Kier alpha value is -4.12. The zero-order valence-electron chi connectivity index (χ0n) is 27.2. The van der Waals surface area contributed by atoms with Crippen molar-refractivity contribution in [1.29, 1.82) is 0 Å². The number of hydrogen-bond donors (Lipinski definition) is 0. The molecule has 0 bridgehead atoms. The van der Waals surface area contributed by atoms with Gasteiger partial charge in [-0.25, -0.2) is 9.78 Å². The molecule has 1 aliphatic heterocycles. The number of aromatic nitrogens is 1. The van der Waals surface area contributed by atoms with Crippen LogP contribution >= 0.6 is 22.9 Å². The Balaban J connectivity index is 1.64. The highest BCUT2D eigenvalue weighted by Gasteiger charge is 2.35. The fourth-order valence-electron chi connectivity index (χ4n) is 5.55. The number of esters is 1. The van der Waals surface area contributed by atoms with Crippen molar-refractivity contribution < 1.29 is 19.1 Å². The van der Waals surface area contributed by atoms with Crippen LogP contribution in [0.1, 0.15) is 56.1 Å². The van der Waals surface area contributed by atoms with Gasteiger partial charge in [0.05, 0.1) is 34.7 Å². The summed E-state index contributed by atoms with van der Waals surface area (Å²) in [4.78, 5) is 38.7. The zero-order valence-corrected chi connectivity index (χ0v) is 28.8. The Morgan fingerprint density at radius 2 is 1.83 bits per heavy atom. The molecule has 0 saturated carbocycles. The SMILES string of the molecule is C=NN(C)c1ccc(C2=NCCN(c3nc4cc(C)c([C@H](OC(C)(C)C)C(=O)OCC)c(-c5ccc(Cl)cc5)c4s3)C2=O)cc1C. The van der Waals surface area contributed by atoms with Crippen LogP contribution in [-0.4, -0.2) is 61.6 Å². The standard InChI is InChI=1S/C35H38ClN5O4S/c1-9-44-33(43)30(45-35(4,5)6)27-21(3)19-25-31(28(27)22-10-13-24(36)14-11-22)46-34(39-25)41-17-16-38-29(32(41)42)23-12-15-26(20(2)18-23)40(8)37-7/h10-15,18-19,30H,7,9,16-17H2,1-6,8H3/t30-/m0/s1. The molecule has 0 fully saturated rings. The highest BCUT2D eigenvalue weighted by Crippen LogP contribution is 2.45. The van der Waals surface area contributed by atoms with Gasteiger partial charge in [-0.2, -0.15) is 5.10 Å². The van der Waals surface area contributed by atoms with Crippen LogP contribution < -0.4 is 9.91 Å². The number of thiazole rings is 1. The minimum atomic E-state index is -0.988. The number of carbonyl (C=O) groups excluding carboxylic acids is 2. The van der Waals surface area contributed by atoms with E-state index in [9.17, 15) is 9.59 Å². The second-order valence-corrected chi connectivity index (χ2v) is 13.5. The molecule has 0 saturated heterocycles. The number of amides is 1. The second kappa shape index (κ2) is 13.3. The minimum Gasteiger partial charge on any atom is -0.464 e. The smallest absolute Gasteiger partial charge is 0.339 e. The predicted molar refractivity (Wildman–Crippen MR) is 188 cm³/mol. The Morgan fingerprint density at radius 3 is 2.46 bits per heavy atom. The molecule has 1 aliphatic rings. The van der Waals surface area contributed by atoms with E-state index >= 15 is 0 Å². The predicted octanol–water partition coefficient (Wildman–Crippen LogP) is 7.54. The van der Waals surface area contributed by atoms with Crippen LogP contribution in [0, 0.1) is 13.8 Å². The maximum atomic E-state index is 14.0. The summed E-state index contributed by atoms with van der Waals surface area (Å²) < 4.78 is 12.7. The van der Waals surface area contributed by atoms with Gasteiger partial charge in [-0.1, -0.05) is 41.1 Å². The Labute approximate surface area is 278 Å². The van der Waals surface area contributed by atoms with Crippen LogP contribution in [-0.2, 0) is 19.1 Å². The number of rotatable bonds is 9. The molecule has 0 aliphatic carbocycles. The van der Waals surface area contributed by atoms with Crippen LogP contribution in [0.15, 0.2) is 58.6 Å².